The quantitative estimate of drug-likeness (QED) is 0.810. The average Bonchev–Trinajstić information content (AvgIpc) is 2.48. The lowest BCUT2D eigenvalue weighted by Gasteiger charge is -2.32. The van der Waals surface area contributed by atoms with E-state index in [9.17, 15) is 4.79 Å². The van der Waals surface area contributed by atoms with E-state index < -0.39 is 0 Å². The lowest BCUT2D eigenvalue weighted by atomic mass is 9.98. The monoisotopic (exact) mass is 390 g/mol. The molecule has 0 bridgehead atoms. The van der Waals surface area contributed by atoms with Crippen LogP contribution in [0.25, 0.3) is 0 Å². The number of likely N-dealkylation sites (tertiary alicyclic amines) is 1. The number of nitrogens with zero attached hydrogens (tertiary/aromatic N) is 1. The summed E-state index contributed by atoms with van der Waals surface area (Å²) in [5.74, 6) is 1.58. The number of nitrogens with one attached hydrogen (secondary N) is 1. The standard InChI is InChI=1S/C16H23BrN2O2.ClH/c1-18-11-13-4-3-8-19(12-13)16(20)7-9-21-15-6-2-5-14(17)10-15;/h2,5-6,10,13,18H,3-4,7-9,11-12H2,1H3;1H. The van der Waals surface area contributed by atoms with Gasteiger partial charge in [0, 0.05) is 17.6 Å². The molecule has 6 heteroatoms. The zero-order valence-corrected chi connectivity index (χ0v) is 15.3. The molecule has 0 saturated carbocycles. The van der Waals surface area contributed by atoms with Crippen LogP contribution in [0.15, 0.2) is 28.7 Å². The predicted octanol–water partition coefficient (Wildman–Crippen LogP) is 3.10. The van der Waals surface area contributed by atoms with Crippen LogP contribution in [0.5, 0.6) is 5.75 Å². The van der Waals surface area contributed by atoms with Crippen molar-refractivity contribution < 1.29 is 9.53 Å². The summed E-state index contributed by atoms with van der Waals surface area (Å²) in [5.41, 5.74) is 0. The predicted molar refractivity (Wildman–Crippen MR) is 94.7 cm³/mol. The number of hydrogen-bond donors (Lipinski definition) is 1. The van der Waals surface area contributed by atoms with E-state index in [0.29, 0.717) is 18.9 Å². The molecule has 1 unspecified atom stereocenters. The van der Waals surface area contributed by atoms with E-state index in [1.54, 1.807) is 0 Å². The van der Waals surface area contributed by atoms with E-state index in [1.807, 2.05) is 36.2 Å². The summed E-state index contributed by atoms with van der Waals surface area (Å²) >= 11 is 3.41. The third-order valence-corrected chi connectivity index (χ3v) is 4.24. The largest absolute Gasteiger partial charge is 0.493 e. The summed E-state index contributed by atoms with van der Waals surface area (Å²) < 4.78 is 6.62. The first-order valence-corrected chi connectivity index (χ1v) is 8.29. The Bertz CT molecular complexity index is 471. The molecule has 1 aromatic rings. The second kappa shape index (κ2) is 10.1. The number of carbonyl (C=O) groups excluding carboxylic acids is 1. The van der Waals surface area contributed by atoms with Crippen LogP contribution >= 0.6 is 28.3 Å². The highest BCUT2D eigenvalue weighted by Crippen LogP contribution is 2.19. The average molecular weight is 392 g/mol. The highest BCUT2D eigenvalue weighted by Gasteiger charge is 2.22. The van der Waals surface area contributed by atoms with Gasteiger partial charge in [-0.25, -0.2) is 0 Å². The van der Waals surface area contributed by atoms with Gasteiger partial charge in [0.05, 0.1) is 13.0 Å². The van der Waals surface area contributed by atoms with E-state index >= 15 is 0 Å². The van der Waals surface area contributed by atoms with Gasteiger partial charge in [-0.05, 0) is 50.6 Å². The van der Waals surface area contributed by atoms with Gasteiger partial charge in [-0.2, -0.15) is 0 Å². The Hall–Kier alpha value is -0.780. The number of ether oxygens (including phenoxy) is 1. The molecule has 1 heterocycles. The van der Waals surface area contributed by atoms with Crippen molar-refractivity contribution in [1.29, 1.82) is 0 Å². The number of rotatable bonds is 6. The molecule has 124 valence electrons. The Kier molecular flexibility index (Phi) is 8.83. The Balaban J connectivity index is 0.00000242. The highest BCUT2D eigenvalue weighted by atomic mass is 79.9. The molecule has 1 fully saturated rings. The minimum Gasteiger partial charge on any atom is -0.493 e. The van der Waals surface area contributed by atoms with E-state index in [-0.39, 0.29) is 18.3 Å². The van der Waals surface area contributed by atoms with Crippen LogP contribution in [0.1, 0.15) is 19.3 Å². The molecule has 1 atom stereocenters. The summed E-state index contributed by atoms with van der Waals surface area (Å²) in [6, 6.07) is 7.69. The first kappa shape index (κ1) is 19.3. The SMILES string of the molecule is CNCC1CCCN(C(=O)CCOc2cccc(Br)c2)C1.Cl. The minimum absolute atomic E-state index is 0. The van der Waals surface area contributed by atoms with Crippen molar-refractivity contribution in [2.24, 2.45) is 5.92 Å². The fourth-order valence-corrected chi connectivity index (χ4v) is 3.10. The molecule has 1 aliphatic heterocycles. The lowest BCUT2D eigenvalue weighted by molar-refractivity contribution is -0.133. The van der Waals surface area contributed by atoms with Crippen molar-refractivity contribution in [3.63, 3.8) is 0 Å². The molecule has 1 aromatic carbocycles. The molecule has 1 amide bonds. The van der Waals surface area contributed by atoms with Crippen molar-refractivity contribution >= 4 is 34.2 Å². The first-order valence-electron chi connectivity index (χ1n) is 7.50. The molecule has 0 aliphatic carbocycles. The van der Waals surface area contributed by atoms with Crippen molar-refractivity contribution in [1.82, 2.24) is 10.2 Å². The Morgan fingerprint density at radius 1 is 1.50 bits per heavy atom. The van der Waals surface area contributed by atoms with Gasteiger partial charge < -0.3 is 15.0 Å². The van der Waals surface area contributed by atoms with Gasteiger partial charge in [0.15, 0.2) is 0 Å². The maximum absolute atomic E-state index is 12.2. The van der Waals surface area contributed by atoms with Crippen LogP contribution < -0.4 is 10.1 Å². The maximum atomic E-state index is 12.2. The number of piperidine rings is 1. The number of carbonyl (C=O) groups is 1. The molecule has 0 aromatic heterocycles. The summed E-state index contributed by atoms with van der Waals surface area (Å²) in [4.78, 5) is 14.2. The van der Waals surface area contributed by atoms with Crippen LogP contribution in [-0.4, -0.2) is 44.1 Å². The molecular weight excluding hydrogens is 368 g/mol. The fraction of sp³-hybridized carbons (Fsp3) is 0.562. The number of halogens is 2. The third kappa shape index (κ3) is 6.15. The van der Waals surface area contributed by atoms with Crippen LogP contribution in [0.2, 0.25) is 0 Å². The van der Waals surface area contributed by atoms with Crippen molar-refractivity contribution in [3.05, 3.63) is 28.7 Å². The fourth-order valence-electron chi connectivity index (χ4n) is 2.72. The molecule has 4 nitrogen and oxygen atoms in total. The molecule has 1 N–H and O–H groups in total. The van der Waals surface area contributed by atoms with Gasteiger partial charge in [0.2, 0.25) is 5.91 Å². The number of benzene rings is 1. The highest BCUT2D eigenvalue weighted by molar-refractivity contribution is 9.10. The maximum Gasteiger partial charge on any atom is 0.226 e. The molecule has 1 saturated heterocycles. The Morgan fingerprint density at radius 3 is 3.05 bits per heavy atom. The zero-order valence-electron chi connectivity index (χ0n) is 12.9. The van der Waals surface area contributed by atoms with Gasteiger partial charge in [0.25, 0.3) is 0 Å². The number of hydrogen-bond acceptors (Lipinski definition) is 3. The van der Waals surface area contributed by atoms with Crippen LogP contribution in [0.4, 0.5) is 0 Å². The van der Waals surface area contributed by atoms with Crippen molar-refractivity contribution in [2.75, 3.05) is 33.3 Å². The van der Waals surface area contributed by atoms with E-state index in [4.69, 9.17) is 4.74 Å². The van der Waals surface area contributed by atoms with Crippen LogP contribution in [0.3, 0.4) is 0 Å². The number of amides is 1. The normalized spacial score (nSPS) is 17.7. The molecule has 0 spiro atoms. The second-order valence-corrected chi connectivity index (χ2v) is 6.38. The lowest BCUT2D eigenvalue weighted by Crippen LogP contribution is -2.42. The molecule has 22 heavy (non-hydrogen) atoms. The van der Waals surface area contributed by atoms with Gasteiger partial charge in [0.1, 0.15) is 5.75 Å². The Labute approximate surface area is 147 Å². The van der Waals surface area contributed by atoms with Gasteiger partial charge in [-0.1, -0.05) is 22.0 Å². The van der Waals surface area contributed by atoms with Gasteiger partial charge in [-0.15, -0.1) is 12.4 Å². The smallest absolute Gasteiger partial charge is 0.226 e. The topological polar surface area (TPSA) is 41.6 Å². The van der Waals surface area contributed by atoms with Gasteiger partial charge >= 0.3 is 0 Å². The summed E-state index contributed by atoms with van der Waals surface area (Å²) in [5, 5.41) is 3.20. The summed E-state index contributed by atoms with van der Waals surface area (Å²) in [6.07, 6.45) is 2.75. The summed E-state index contributed by atoms with van der Waals surface area (Å²) in [6.45, 7) is 3.17. The zero-order chi connectivity index (χ0) is 15.1. The third-order valence-electron chi connectivity index (χ3n) is 3.75. The molecular formula is C16H24BrClN2O2. The van der Waals surface area contributed by atoms with Gasteiger partial charge in [-0.3, -0.25) is 4.79 Å². The molecule has 1 aliphatic rings. The summed E-state index contributed by atoms with van der Waals surface area (Å²) in [7, 11) is 1.96. The van der Waals surface area contributed by atoms with Crippen molar-refractivity contribution in [2.45, 2.75) is 19.3 Å². The van der Waals surface area contributed by atoms with Crippen molar-refractivity contribution in [3.8, 4) is 5.75 Å². The van der Waals surface area contributed by atoms with E-state index in [1.165, 1.54) is 6.42 Å². The van der Waals surface area contributed by atoms with Crippen LogP contribution in [0, 0.1) is 5.92 Å². The molecule has 0 radical (unpaired) electrons. The first-order chi connectivity index (χ1) is 10.2. The van der Waals surface area contributed by atoms with E-state index in [0.717, 1.165) is 36.3 Å². The second-order valence-electron chi connectivity index (χ2n) is 5.46. The minimum atomic E-state index is 0. The van der Waals surface area contributed by atoms with Crippen LogP contribution in [-0.2, 0) is 4.79 Å². The van der Waals surface area contributed by atoms with E-state index in [2.05, 4.69) is 21.2 Å². The Morgan fingerprint density at radius 2 is 2.32 bits per heavy atom. The molecule has 2 rings (SSSR count).